The molecule has 5 aliphatic carbocycles. The van der Waals surface area contributed by atoms with E-state index in [4.69, 9.17) is 4.99 Å². The van der Waals surface area contributed by atoms with Gasteiger partial charge < -0.3 is 9.88 Å². The van der Waals surface area contributed by atoms with Gasteiger partial charge in [0.25, 0.3) is 0 Å². The first kappa shape index (κ1) is 39.1. The van der Waals surface area contributed by atoms with Crippen LogP contribution in [0.2, 0.25) is 0 Å². The largest absolute Gasteiger partial charge is 0.354 e. The van der Waals surface area contributed by atoms with Gasteiger partial charge in [-0.1, -0.05) is 219 Å². The Morgan fingerprint density at radius 1 is 0.588 bits per heavy atom. The molecule has 4 heteroatoms. The molecule has 4 nitrogen and oxygen atoms in total. The molecular weight excluding hydrogens is 825 g/mol. The van der Waals surface area contributed by atoms with Crippen LogP contribution in [0.3, 0.4) is 0 Å². The summed E-state index contributed by atoms with van der Waals surface area (Å²) in [4.78, 5) is 5.50. The second-order valence-electron chi connectivity index (χ2n) is 18.9. The van der Waals surface area contributed by atoms with Crippen LogP contribution < -0.4 is 10.6 Å². The molecule has 324 valence electrons. The predicted octanol–water partition coefficient (Wildman–Crippen LogP) is 14.6. The zero-order valence-electron chi connectivity index (χ0n) is 37.5. The van der Waals surface area contributed by atoms with Gasteiger partial charge in [0.1, 0.15) is 12.0 Å². The number of nitrogens with one attached hydrogen (secondary N) is 2. The summed E-state index contributed by atoms with van der Waals surface area (Å²) >= 11 is 0. The number of hydrogen-bond donors (Lipinski definition) is 2. The summed E-state index contributed by atoms with van der Waals surface area (Å²) in [6.45, 7) is 0. The molecule has 8 aromatic rings. The van der Waals surface area contributed by atoms with Crippen molar-refractivity contribution in [3.63, 3.8) is 0 Å². The molecule has 0 saturated heterocycles. The molecule has 0 spiro atoms. The molecule has 7 aromatic carbocycles. The number of para-hydroxylation sites is 1. The third-order valence-electron chi connectivity index (χ3n) is 15.2. The Kier molecular flexibility index (Phi) is 9.09. The highest BCUT2D eigenvalue weighted by molar-refractivity contribution is 6.22. The highest BCUT2D eigenvalue weighted by Gasteiger charge is 2.38. The molecule has 14 rings (SSSR count). The van der Waals surface area contributed by atoms with Crippen LogP contribution >= 0.6 is 0 Å². The van der Waals surface area contributed by atoms with Gasteiger partial charge in [0.2, 0.25) is 0 Å². The van der Waals surface area contributed by atoms with E-state index in [0.717, 1.165) is 23.4 Å². The van der Waals surface area contributed by atoms with E-state index >= 15 is 0 Å². The van der Waals surface area contributed by atoms with E-state index in [0.29, 0.717) is 0 Å². The number of benzene rings is 7. The fourth-order valence-corrected chi connectivity index (χ4v) is 12.2. The Bertz CT molecular complexity index is 3730. The molecule has 0 amide bonds. The smallest absolute Gasteiger partial charge is 0.131 e. The van der Waals surface area contributed by atoms with E-state index in [1.807, 2.05) is 0 Å². The van der Waals surface area contributed by atoms with Crippen molar-refractivity contribution >= 4 is 60.3 Å². The Labute approximate surface area is 396 Å². The van der Waals surface area contributed by atoms with E-state index in [1.165, 1.54) is 87.9 Å². The topological polar surface area (TPSA) is 41.4 Å². The summed E-state index contributed by atoms with van der Waals surface area (Å²) in [6, 6.07) is 55.7. The van der Waals surface area contributed by atoms with Gasteiger partial charge >= 0.3 is 0 Å². The molecule has 1 aliphatic heterocycles. The second kappa shape index (κ2) is 15.8. The highest BCUT2D eigenvalue weighted by atomic mass is 15.3. The van der Waals surface area contributed by atoms with Crippen molar-refractivity contribution in [1.82, 2.24) is 15.2 Å². The molecule has 0 fully saturated rings. The van der Waals surface area contributed by atoms with Gasteiger partial charge in [-0.15, -0.1) is 0 Å². The number of aliphatic imine (C=N–C) groups is 1. The first-order valence-electron chi connectivity index (χ1n) is 24.2. The van der Waals surface area contributed by atoms with Gasteiger partial charge in [-0.2, -0.15) is 0 Å². The van der Waals surface area contributed by atoms with Gasteiger partial charge in [-0.3, -0.25) is 5.32 Å². The number of allylic oxidation sites excluding steroid dienone is 14. The molecule has 68 heavy (non-hydrogen) atoms. The first-order chi connectivity index (χ1) is 33.7. The van der Waals surface area contributed by atoms with Gasteiger partial charge in [0.15, 0.2) is 0 Å². The third kappa shape index (κ3) is 6.14. The number of nitrogens with zero attached hydrogens (tertiary/aromatic N) is 2. The maximum absolute atomic E-state index is 5.50. The Hall–Kier alpha value is -8.05. The van der Waals surface area contributed by atoms with Crippen LogP contribution in [-0.2, 0) is 0 Å². The van der Waals surface area contributed by atoms with Crippen molar-refractivity contribution in [2.24, 2.45) is 16.8 Å². The van der Waals surface area contributed by atoms with E-state index in [-0.39, 0.29) is 36.1 Å². The van der Waals surface area contributed by atoms with Crippen LogP contribution in [0.4, 0.5) is 0 Å². The molecule has 2 heterocycles. The lowest BCUT2D eigenvalue weighted by molar-refractivity contribution is 0.328. The summed E-state index contributed by atoms with van der Waals surface area (Å²) in [6.07, 6.45) is 30.9. The predicted molar refractivity (Wildman–Crippen MR) is 283 cm³/mol. The molecule has 6 atom stereocenters. The Balaban J connectivity index is 0.931. The van der Waals surface area contributed by atoms with E-state index < -0.39 is 0 Å². The minimum Gasteiger partial charge on any atom is -0.354 e. The van der Waals surface area contributed by atoms with Crippen molar-refractivity contribution in [3.05, 3.63) is 275 Å². The number of hydrogen-bond acceptors (Lipinski definition) is 3. The van der Waals surface area contributed by atoms with Crippen LogP contribution in [0.1, 0.15) is 52.4 Å². The van der Waals surface area contributed by atoms with Crippen molar-refractivity contribution < 1.29 is 0 Å². The fraction of sp³-hybridized carbons (Fsp3) is 0.109. The summed E-state index contributed by atoms with van der Waals surface area (Å²) < 4.78 is 2.65. The molecule has 0 saturated carbocycles. The summed E-state index contributed by atoms with van der Waals surface area (Å²) in [5, 5.41) is 15.6. The maximum Gasteiger partial charge on any atom is 0.131 e. The molecule has 6 unspecified atom stereocenters. The molecule has 1 aromatic heterocycles. The van der Waals surface area contributed by atoms with Crippen LogP contribution in [0, 0.1) is 11.8 Å². The van der Waals surface area contributed by atoms with Crippen molar-refractivity contribution in [2.45, 2.75) is 30.7 Å². The zero-order chi connectivity index (χ0) is 44.7. The number of rotatable bonds is 6. The van der Waals surface area contributed by atoms with Gasteiger partial charge in [-0.05, 0) is 84.6 Å². The van der Waals surface area contributed by atoms with E-state index in [1.54, 1.807) is 0 Å². The quantitative estimate of drug-likeness (QED) is 0.175. The second-order valence-corrected chi connectivity index (χ2v) is 18.9. The van der Waals surface area contributed by atoms with Gasteiger partial charge in [0, 0.05) is 45.2 Å². The van der Waals surface area contributed by atoms with Crippen LogP contribution in [0.15, 0.2) is 252 Å². The molecular formula is C64H48N4. The molecule has 0 bridgehead atoms. The van der Waals surface area contributed by atoms with E-state index in [2.05, 4.69) is 246 Å². The molecule has 2 N–H and O–H groups in total. The summed E-state index contributed by atoms with van der Waals surface area (Å²) in [5.41, 5.74) is 15.4. The number of fused-ring (bicyclic) bond motifs is 10. The lowest BCUT2D eigenvalue weighted by atomic mass is 9.80. The minimum atomic E-state index is -0.204. The zero-order valence-corrected chi connectivity index (χ0v) is 37.5. The molecule has 6 aliphatic rings. The third-order valence-corrected chi connectivity index (χ3v) is 15.2. The van der Waals surface area contributed by atoms with Crippen molar-refractivity contribution in [2.75, 3.05) is 0 Å². The number of amidine groups is 1. The van der Waals surface area contributed by atoms with Crippen molar-refractivity contribution in [3.8, 4) is 0 Å². The summed E-state index contributed by atoms with van der Waals surface area (Å²) in [5.74, 6) is 1.41. The van der Waals surface area contributed by atoms with Crippen LogP contribution in [-0.4, -0.2) is 16.6 Å². The Morgan fingerprint density at radius 3 is 2.19 bits per heavy atom. The van der Waals surface area contributed by atoms with Crippen molar-refractivity contribution in [1.29, 1.82) is 0 Å². The highest BCUT2D eigenvalue weighted by Crippen LogP contribution is 2.54. The fourth-order valence-electron chi connectivity index (χ4n) is 12.2. The van der Waals surface area contributed by atoms with Gasteiger partial charge in [0.05, 0.1) is 17.7 Å². The first-order valence-corrected chi connectivity index (χ1v) is 24.2. The Morgan fingerprint density at radius 2 is 1.32 bits per heavy atom. The average Bonchev–Trinajstić information content (AvgIpc) is 3.93. The summed E-state index contributed by atoms with van der Waals surface area (Å²) in [7, 11) is 0. The lowest BCUT2D eigenvalue weighted by Crippen LogP contribution is -2.55. The minimum absolute atomic E-state index is 0.0111. The van der Waals surface area contributed by atoms with Gasteiger partial charge in [-0.25, -0.2) is 4.99 Å². The SMILES string of the molecule is C1=CC2=C(c3c4ccccc4cc4c3c3ccccc3n4C3C=CC(C4=NC(c5ccccc5)NC(C5C=C(c6ccccc6)C=CC5)N4)=C4C=CC=CC43)c3ccc4ccccc4c3C2C=C1. The number of aromatic nitrogens is 1. The standard InChI is InChI=1S/C64H48N4/c1-3-18-40(19-4-1)43-24-17-25-45(38-43)63-65-62(42-21-5-2-6-22-42)66-64(67-63)52-36-37-56(49-29-12-11-28-48(49)52)68-55-33-16-15-32-53(55)60-57(68)39-44-23-8-10-27-47(44)61(60)59-51-31-14-13-30-50(51)58-46-26-9-7-20-41(46)34-35-54(58)59/h1-24,26-39,45,49-50,56,62-63,65H,25H2,(H,66,67). The van der Waals surface area contributed by atoms with Crippen LogP contribution in [0.5, 0.6) is 0 Å². The lowest BCUT2D eigenvalue weighted by Gasteiger charge is -2.38. The average molecular weight is 873 g/mol. The molecule has 0 radical (unpaired) electrons. The van der Waals surface area contributed by atoms with E-state index in [9.17, 15) is 0 Å². The maximum atomic E-state index is 5.50. The van der Waals surface area contributed by atoms with Crippen LogP contribution in [0.25, 0.3) is 54.5 Å². The monoisotopic (exact) mass is 872 g/mol. The normalized spacial score (nSPS) is 23.6.